The lowest BCUT2D eigenvalue weighted by atomic mass is 9.77. The average Bonchev–Trinajstić information content (AvgIpc) is 2.23. The third-order valence-electron chi connectivity index (χ3n) is 3.06. The summed E-state index contributed by atoms with van der Waals surface area (Å²) in [5, 5.41) is 9.02. The second kappa shape index (κ2) is 6.03. The van der Waals surface area contributed by atoms with E-state index in [0.717, 1.165) is 25.7 Å². The Kier molecular flexibility index (Phi) is 4.96. The molecule has 0 aromatic heterocycles. The summed E-state index contributed by atoms with van der Waals surface area (Å²) in [5.41, 5.74) is 3.33. The van der Waals surface area contributed by atoms with Gasteiger partial charge in [0.05, 0.1) is 6.07 Å². The van der Waals surface area contributed by atoms with E-state index in [-0.39, 0.29) is 17.6 Å². The molecular formula is C14H21NOSi. The molecule has 0 spiro atoms. The predicted molar refractivity (Wildman–Crippen MR) is 71.8 cm³/mol. The number of carbonyl (C=O) groups excluding carboxylic acids is 1. The lowest BCUT2D eigenvalue weighted by molar-refractivity contribution is -0.124. The van der Waals surface area contributed by atoms with E-state index in [4.69, 9.17) is 5.26 Å². The van der Waals surface area contributed by atoms with E-state index >= 15 is 0 Å². The predicted octanol–water partition coefficient (Wildman–Crippen LogP) is 3.16. The highest BCUT2D eigenvalue weighted by Crippen LogP contribution is 2.30. The molecule has 1 rings (SSSR count). The summed E-state index contributed by atoms with van der Waals surface area (Å²) in [4.78, 5) is 11.6. The maximum absolute atomic E-state index is 11.6. The highest BCUT2D eigenvalue weighted by molar-refractivity contribution is 6.83. The van der Waals surface area contributed by atoms with Crippen LogP contribution in [0.15, 0.2) is 0 Å². The van der Waals surface area contributed by atoms with Crippen LogP contribution in [-0.4, -0.2) is 13.9 Å². The lowest BCUT2D eigenvalue weighted by Crippen LogP contribution is -2.27. The van der Waals surface area contributed by atoms with Crippen molar-refractivity contribution in [2.45, 2.75) is 51.7 Å². The number of rotatable bonds is 2. The number of nitriles is 1. The molecule has 2 nitrogen and oxygen atoms in total. The highest BCUT2D eigenvalue weighted by atomic mass is 28.3. The monoisotopic (exact) mass is 247 g/mol. The fourth-order valence-electron chi connectivity index (χ4n) is 2.20. The van der Waals surface area contributed by atoms with Crippen molar-refractivity contribution in [3.8, 4) is 17.5 Å². The molecule has 1 saturated carbocycles. The van der Waals surface area contributed by atoms with Crippen molar-refractivity contribution < 1.29 is 4.79 Å². The zero-order valence-corrected chi connectivity index (χ0v) is 12.0. The molecule has 0 aromatic carbocycles. The summed E-state index contributed by atoms with van der Waals surface area (Å²) >= 11 is 0. The zero-order valence-electron chi connectivity index (χ0n) is 11.0. The lowest BCUT2D eigenvalue weighted by Gasteiger charge is -2.24. The minimum Gasteiger partial charge on any atom is -0.298 e. The Morgan fingerprint density at radius 2 is 2.12 bits per heavy atom. The van der Waals surface area contributed by atoms with Crippen LogP contribution in [-0.2, 0) is 4.79 Å². The van der Waals surface area contributed by atoms with Crippen LogP contribution in [0, 0.1) is 34.6 Å². The maximum Gasteiger partial charge on any atom is 0.150 e. The molecule has 1 fully saturated rings. The van der Waals surface area contributed by atoms with Crippen molar-refractivity contribution in [1.82, 2.24) is 0 Å². The topological polar surface area (TPSA) is 40.9 Å². The largest absolute Gasteiger partial charge is 0.298 e. The van der Waals surface area contributed by atoms with Gasteiger partial charge in [-0.15, -0.1) is 11.5 Å². The fraction of sp³-hybridized carbons (Fsp3) is 0.714. The number of nitrogens with zero attached hydrogens (tertiary/aromatic N) is 1. The molecule has 0 aliphatic heterocycles. The van der Waals surface area contributed by atoms with Crippen LogP contribution in [0.5, 0.6) is 0 Å². The van der Waals surface area contributed by atoms with Crippen molar-refractivity contribution in [3.63, 3.8) is 0 Å². The third kappa shape index (κ3) is 4.75. The number of hydrogen-bond acceptors (Lipinski definition) is 2. The van der Waals surface area contributed by atoms with E-state index in [0.29, 0.717) is 6.42 Å². The minimum absolute atomic E-state index is 0.141. The molecule has 1 aliphatic carbocycles. The number of Topliss-reactive ketones (excluding diaryl/α,β-unsaturated/α-hetero) is 1. The van der Waals surface area contributed by atoms with Gasteiger partial charge in [-0.1, -0.05) is 19.6 Å². The van der Waals surface area contributed by atoms with Gasteiger partial charge in [-0.25, -0.2) is 0 Å². The van der Waals surface area contributed by atoms with Crippen molar-refractivity contribution in [2.24, 2.45) is 11.8 Å². The van der Waals surface area contributed by atoms with E-state index in [1.54, 1.807) is 0 Å². The molecule has 1 aliphatic rings. The van der Waals surface area contributed by atoms with Crippen LogP contribution in [0.2, 0.25) is 19.6 Å². The van der Waals surface area contributed by atoms with Gasteiger partial charge in [0, 0.05) is 12.8 Å². The van der Waals surface area contributed by atoms with Gasteiger partial charge in [0.25, 0.3) is 0 Å². The average molecular weight is 247 g/mol. The zero-order chi connectivity index (χ0) is 12.9. The molecule has 0 heterocycles. The molecule has 92 valence electrons. The Balaban J connectivity index is 2.48. The van der Waals surface area contributed by atoms with Crippen molar-refractivity contribution in [3.05, 3.63) is 0 Å². The number of carbonyl (C=O) groups is 1. The van der Waals surface area contributed by atoms with Gasteiger partial charge < -0.3 is 0 Å². The van der Waals surface area contributed by atoms with Crippen LogP contribution in [0.25, 0.3) is 0 Å². The SMILES string of the molecule is C[Si](C)(C)C#CCC[C@@H]1CCCC(=O)[C@H]1C#N. The highest BCUT2D eigenvalue weighted by Gasteiger charge is 2.30. The summed E-state index contributed by atoms with van der Waals surface area (Å²) in [5.74, 6) is 3.25. The van der Waals surface area contributed by atoms with E-state index in [1.807, 2.05) is 0 Å². The van der Waals surface area contributed by atoms with E-state index in [1.165, 1.54) is 0 Å². The van der Waals surface area contributed by atoms with Crippen molar-refractivity contribution in [1.29, 1.82) is 5.26 Å². The molecule has 0 radical (unpaired) electrons. The summed E-state index contributed by atoms with van der Waals surface area (Å²) in [7, 11) is -1.28. The van der Waals surface area contributed by atoms with E-state index in [9.17, 15) is 4.79 Å². The van der Waals surface area contributed by atoms with E-state index < -0.39 is 8.07 Å². The summed E-state index contributed by atoms with van der Waals surface area (Å²) < 4.78 is 0. The molecule has 17 heavy (non-hydrogen) atoms. The molecule has 0 aromatic rings. The number of hydrogen-bond donors (Lipinski definition) is 0. The Bertz CT molecular complexity index is 378. The molecular weight excluding hydrogens is 226 g/mol. The van der Waals surface area contributed by atoms with Crippen LogP contribution in [0.1, 0.15) is 32.1 Å². The molecule has 0 unspecified atom stereocenters. The van der Waals surface area contributed by atoms with Gasteiger partial charge in [0.1, 0.15) is 19.8 Å². The fourth-order valence-corrected chi connectivity index (χ4v) is 2.85. The minimum atomic E-state index is -1.28. The van der Waals surface area contributed by atoms with Gasteiger partial charge >= 0.3 is 0 Å². The first-order valence-electron chi connectivity index (χ1n) is 6.36. The first kappa shape index (κ1) is 14.0. The quantitative estimate of drug-likeness (QED) is 0.555. The molecule has 0 N–H and O–H groups in total. The first-order valence-corrected chi connectivity index (χ1v) is 9.86. The van der Waals surface area contributed by atoms with Crippen molar-refractivity contribution in [2.75, 3.05) is 0 Å². The molecule has 0 amide bonds. The Morgan fingerprint density at radius 3 is 2.71 bits per heavy atom. The summed E-state index contributed by atoms with van der Waals surface area (Å²) in [6, 6.07) is 2.17. The van der Waals surface area contributed by atoms with Gasteiger partial charge in [-0.3, -0.25) is 4.79 Å². The van der Waals surface area contributed by atoms with Crippen LogP contribution >= 0.6 is 0 Å². The van der Waals surface area contributed by atoms with Crippen LogP contribution < -0.4 is 0 Å². The molecule has 3 heteroatoms. The smallest absolute Gasteiger partial charge is 0.150 e. The second-order valence-electron chi connectivity index (χ2n) is 5.82. The first-order chi connectivity index (χ1) is 7.94. The Hall–Kier alpha value is -1.06. The van der Waals surface area contributed by atoms with E-state index in [2.05, 4.69) is 37.2 Å². The normalized spacial score (nSPS) is 24.7. The van der Waals surface area contributed by atoms with Crippen molar-refractivity contribution >= 4 is 13.9 Å². The van der Waals surface area contributed by atoms with Gasteiger partial charge in [0.2, 0.25) is 0 Å². The summed E-state index contributed by atoms with van der Waals surface area (Å²) in [6.45, 7) is 6.67. The maximum atomic E-state index is 11.6. The molecule has 2 atom stereocenters. The second-order valence-corrected chi connectivity index (χ2v) is 10.6. The number of ketones is 1. The van der Waals surface area contributed by atoms with Crippen LogP contribution in [0.3, 0.4) is 0 Å². The Labute approximate surface area is 105 Å². The van der Waals surface area contributed by atoms with Gasteiger partial charge in [-0.05, 0) is 25.2 Å². The van der Waals surface area contributed by atoms with Gasteiger partial charge in [0.15, 0.2) is 0 Å². The Morgan fingerprint density at radius 1 is 1.41 bits per heavy atom. The van der Waals surface area contributed by atoms with Crippen LogP contribution in [0.4, 0.5) is 0 Å². The standard InChI is InChI=1S/C14H21NOSi/c1-17(2,3)10-5-4-7-12-8-6-9-14(16)13(12)11-15/h12-13H,4,6-9H2,1-3H3/t12-,13+/m1/s1. The third-order valence-corrected chi connectivity index (χ3v) is 3.99. The summed E-state index contributed by atoms with van der Waals surface area (Å²) in [6.07, 6.45) is 4.29. The van der Waals surface area contributed by atoms with Gasteiger partial charge in [-0.2, -0.15) is 5.26 Å². The molecule has 0 bridgehead atoms. The molecule has 0 saturated heterocycles.